The number of carbonyl (C=O) groups is 2. The van der Waals surface area contributed by atoms with Crippen molar-refractivity contribution in [1.29, 1.82) is 0 Å². The fraction of sp³-hybridized carbons (Fsp3) is 0.158. The van der Waals surface area contributed by atoms with Gasteiger partial charge in [0.25, 0.3) is 11.8 Å². The van der Waals surface area contributed by atoms with Gasteiger partial charge in [-0.05, 0) is 48.9 Å². The maximum Gasteiger partial charge on any atom is 0.269 e. The van der Waals surface area contributed by atoms with Crippen LogP contribution in [0.1, 0.15) is 22.8 Å². The minimum atomic E-state index is -0.519. The van der Waals surface area contributed by atoms with Crippen LogP contribution in [0.15, 0.2) is 42.5 Å². The SMILES string of the molecule is CCOc1c(Cl)cc(/C=C/C(=O)NNC(=O)c2cccc(Cl)c2)cc1OC. The zero-order valence-corrected chi connectivity index (χ0v) is 16.2. The molecule has 2 N–H and O–H groups in total. The molecular formula is C19H18Cl2N2O4. The number of ether oxygens (including phenoxy) is 2. The molecule has 2 amide bonds. The van der Waals surface area contributed by atoms with Gasteiger partial charge in [-0.2, -0.15) is 0 Å². The van der Waals surface area contributed by atoms with Crippen LogP contribution in [0, 0.1) is 0 Å². The number of methoxy groups -OCH3 is 1. The molecular weight excluding hydrogens is 391 g/mol. The van der Waals surface area contributed by atoms with Gasteiger partial charge in [-0.1, -0.05) is 29.3 Å². The summed E-state index contributed by atoms with van der Waals surface area (Å²) in [5, 5.41) is 0.792. The summed E-state index contributed by atoms with van der Waals surface area (Å²) in [4.78, 5) is 23.8. The molecule has 0 fully saturated rings. The van der Waals surface area contributed by atoms with E-state index in [0.717, 1.165) is 0 Å². The Bertz CT molecular complexity index is 869. The van der Waals surface area contributed by atoms with Gasteiger partial charge in [0.2, 0.25) is 0 Å². The predicted octanol–water partition coefficient (Wildman–Crippen LogP) is 3.88. The molecule has 0 radical (unpaired) electrons. The fourth-order valence-electron chi connectivity index (χ4n) is 2.15. The Morgan fingerprint density at radius 2 is 1.93 bits per heavy atom. The van der Waals surface area contributed by atoms with Gasteiger partial charge in [0.1, 0.15) is 0 Å². The second kappa shape index (κ2) is 9.85. The Balaban J connectivity index is 2.00. The summed E-state index contributed by atoms with van der Waals surface area (Å²) in [7, 11) is 1.50. The third-order valence-electron chi connectivity index (χ3n) is 3.35. The van der Waals surface area contributed by atoms with Crippen molar-refractivity contribution in [2.75, 3.05) is 13.7 Å². The first-order valence-corrected chi connectivity index (χ1v) is 8.74. The van der Waals surface area contributed by atoms with Gasteiger partial charge < -0.3 is 9.47 Å². The van der Waals surface area contributed by atoms with E-state index in [1.807, 2.05) is 6.92 Å². The van der Waals surface area contributed by atoms with E-state index in [0.29, 0.717) is 39.3 Å². The highest BCUT2D eigenvalue weighted by molar-refractivity contribution is 6.32. The standard InChI is InChI=1S/C19H18Cl2N2O4/c1-3-27-18-15(21)9-12(10-16(18)26-2)7-8-17(24)22-23-19(25)13-5-4-6-14(20)11-13/h4-11H,3H2,1-2H3,(H,22,24)(H,23,25)/b8-7+. The Hall–Kier alpha value is -2.70. The van der Waals surface area contributed by atoms with Crippen molar-refractivity contribution in [3.05, 3.63) is 63.6 Å². The Kier molecular flexibility index (Phi) is 7.52. The van der Waals surface area contributed by atoms with Crippen molar-refractivity contribution in [3.63, 3.8) is 0 Å². The first kappa shape index (κ1) is 20.6. The van der Waals surface area contributed by atoms with Crippen molar-refractivity contribution in [2.24, 2.45) is 0 Å². The van der Waals surface area contributed by atoms with Crippen LogP contribution < -0.4 is 20.3 Å². The maximum atomic E-state index is 11.9. The molecule has 0 unspecified atom stereocenters. The molecule has 0 atom stereocenters. The highest BCUT2D eigenvalue weighted by atomic mass is 35.5. The lowest BCUT2D eigenvalue weighted by Gasteiger charge is -2.11. The number of nitrogens with one attached hydrogen (secondary N) is 2. The fourth-order valence-corrected chi connectivity index (χ4v) is 2.62. The predicted molar refractivity (Wildman–Crippen MR) is 105 cm³/mol. The van der Waals surface area contributed by atoms with E-state index in [4.69, 9.17) is 32.7 Å². The third kappa shape index (κ3) is 5.91. The highest BCUT2D eigenvalue weighted by Gasteiger charge is 2.11. The molecule has 0 aromatic heterocycles. The number of rotatable bonds is 6. The van der Waals surface area contributed by atoms with E-state index in [-0.39, 0.29) is 0 Å². The number of hydrazine groups is 1. The molecule has 0 saturated heterocycles. The summed E-state index contributed by atoms with van der Waals surface area (Å²) in [5.41, 5.74) is 5.56. The number of amides is 2. The molecule has 0 bridgehead atoms. The topological polar surface area (TPSA) is 76.7 Å². The summed E-state index contributed by atoms with van der Waals surface area (Å²) >= 11 is 12.0. The van der Waals surface area contributed by atoms with Crippen LogP contribution in [0.2, 0.25) is 10.0 Å². The summed E-state index contributed by atoms with van der Waals surface area (Å²) < 4.78 is 10.7. The Labute approximate surface area is 167 Å². The van der Waals surface area contributed by atoms with Crippen LogP contribution in [-0.2, 0) is 4.79 Å². The quantitative estimate of drug-likeness (QED) is 0.561. The van der Waals surface area contributed by atoms with Crippen molar-refractivity contribution in [2.45, 2.75) is 6.92 Å². The normalized spacial score (nSPS) is 10.5. The van der Waals surface area contributed by atoms with Crippen molar-refractivity contribution < 1.29 is 19.1 Å². The zero-order chi connectivity index (χ0) is 19.8. The number of hydrogen-bond acceptors (Lipinski definition) is 4. The number of carbonyl (C=O) groups excluding carboxylic acids is 2. The van der Waals surface area contributed by atoms with E-state index < -0.39 is 11.8 Å². The van der Waals surface area contributed by atoms with Crippen molar-refractivity contribution in [3.8, 4) is 11.5 Å². The molecule has 8 heteroatoms. The van der Waals surface area contributed by atoms with Crippen LogP contribution in [0.3, 0.4) is 0 Å². The zero-order valence-electron chi connectivity index (χ0n) is 14.7. The molecule has 2 aromatic carbocycles. The lowest BCUT2D eigenvalue weighted by atomic mass is 10.2. The lowest BCUT2D eigenvalue weighted by Crippen LogP contribution is -2.40. The molecule has 2 aromatic rings. The second-order valence-corrected chi connectivity index (χ2v) is 6.10. The molecule has 2 rings (SSSR count). The van der Waals surface area contributed by atoms with E-state index in [1.54, 1.807) is 30.3 Å². The van der Waals surface area contributed by atoms with Crippen LogP contribution in [0.4, 0.5) is 0 Å². The maximum absolute atomic E-state index is 11.9. The van der Waals surface area contributed by atoms with Crippen molar-refractivity contribution >= 4 is 41.1 Å². The van der Waals surface area contributed by atoms with Crippen LogP contribution >= 0.6 is 23.2 Å². The largest absolute Gasteiger partial charge is 0.493 e. The minimum Gasteiger partial charge on any atom is -0.493 e. The van der Waals surface area contributed by atoms with Gasteiger partial charge in [-0.25, -0.2) is 0 Å². The minimum absolute atomic E-state index is 0.329. The molecule has 142 valence electrons. The van der Waals surface area contributed by atoms with Gasteiger partial charge in [0.05, 0.1) is 18.7 Å². The second-order valence-electron chi connectivity index (χ2n) is 5.25. The van der Waals surface area contributed by atoms with Gasteiger partial charge in [0.15, 0.2) is 11.5 Å². The lowest BCUT2D eigenvalue weighted by molar-refractivity contribution is -0.117. The van der Waals surface area contributed by atoms with E-state index in [9.17, 15) is 9.59 Å². The van der Waals surface area contributed by atoms with Crippen LogP contribution in [-0.4, -0.2) is 25.5 Å². The van der Waals surface area contributed by atoms with Gasteiger partial charge in [0, 0.05) is 16.7 Å². The Morgan fingerprint density at radius 1 is 1.15 bits per heavy atom. The number of benzene rings is 2. The average molecular weight is 409 g/mol. The molecule has 0 aliphatic rings. The molecule has 0 saturated carbocycles. The van der Waals surface area contributed by atoms with Gasteiger partial charge >= 0.3 is 0 Å². The van der Waals surface area contributed by atoms with Gasteiger partial charge in [-0.15, -0.1) is 0 Å². The van der Waals surface area contributed by atoms with Crippen molar-refractivity contribution in [1.82, 2.24) is 10.9 Å². The van der Waals surface area contributed by atoms with E-state index in [2.05, 4.69) is 10.9 Å². The smallest absolute Gasteiger partial charge is 0.269 e. The number of hydrogen-bond donors (Lipinski definition) is 2. The molecule has 0 heterocycles. The third-order valence-corrected chi connectivity index (χ3v) is 3.87. The summed E-state index contributed by atoms with van der Waals surface area (Å²) in [6.45, 7) is 2.28. The van der Waals surface area contributed by atoms with Gasteiger partial charge in [-0.3, -0.25) is 20.4 Å². The molecule has 0 aliphatic carbocycles. The summed E-state index contributed by atoms with van der Waals surface area (Å²) in [6.07, 6.45) is 2.79. The summed E-state index contributed by atoms with van der Waals surface area (Å²) in [6, 6.07) is 9.69. The Morgan fingerprint density at radius 3 is 2.59 bits per heavy atom. The first-order chi connectivity index (χ1) is 12.9. The first-order valence-electron chi connectivity index (χ1n) is 7.99. The van der Waals surface area contributed by atoms with Crippen LogP contribution in [0.25, 0.3) is 6.08 Å². The highest BCUT2D eigenvalue weighted by Crippen LogP contribution is 2.36. The summed E-state index contributed by atoms with van der Waals surface area (Å²) in [5.74, 6) is -0.102. The monoisotopic (exact) mass is 408 g/mol. The average Bonchev–Trinajstić information content (AvgIpc) is 2.66. The molecule has 27 heavy (non-hydrogen) atoms. The van der Waals surface area contributed by atoms with Crippen LogP contribution in [0.5, 0.6) is 11.5 Å². The molecule has 6 nitrogen and oxygen atoms in total. The van der Waals surface area contributed by atoms with E-state index >= 15 is 0 Å². The van der Waals surface area contributed by atoms with E-state index in [1.165, 1.54) is 25.3 Å². The number of halogens is 2. The molecule has 0 spiro atoms. The molecule has 0 aliphatic heterocycles.